The number of rotatable bonds is 5. The van der Waals surface area contributed by atoms with Crippen LogP contribution in [0.15, 0.2) is 35.2 Å². The van der Waals surface area contributed by atoms with Gasteiger partial charge < -0.3 is 14.6 Å². The molecule has 1 saturated heterocycles. The Bertz CT molecular complexity index is 1170. The maximum atomic E-state index is 13.5. The molecule has 1 heterocycles. The van der Waals surface area contributed by atoms with E-state index in [2.05, 4.69) is 0 Å². The van der Waals surface area contributed by atoms with Crippen LogP contribution in [0.4, 0.5) is 18.9 Å². The highest BCUT2D eigenvalue weighted by molar-refractivity contribution is 8.27. The fraction of sp³-hybridized carbons (Fsp3) is 0.150. The van der Waals surface area contributed by atoms with Crippen LogP contribution in [0.25, 0.3) is 6.08 Å². The fourth-order valence-corrected chi connectivity index (χ4v) is 4.48. The van der Waals surface area contributed by atoms with E-state index in [1.54, 1.807) is 0 Å². The lowest BCUT2D eigenvalue weighted by molar-refractivity contribution is -0.137. The monoisotopic (exact) mass is 503 g/mol. The van der Waals surface area contributed by atoms with E-state index in [0.717, 1.165) is 22.7 Å². The van der Waals surface area contributed by atoms with Crippen LogP contribution in [0.5, 0.6) is 11.5 Å². The number of carbonyl (C=O) groups is 2. The number of methoxy groups -OCH3 is 2. The van der Waals surface area contributed by atoms with Crippen molar-refractivity contribution >= 4 is 63.5 Å². The van der Waals surface area contributed by atoms with E-state index in [0.29, 0.717) is 6.07 Å². The van der Waals surface area contributed by atoms with Crippen molar-refractivity contribution in [3.05, 3.63) is 56.9 Å². The lowest BCUT2D eigenvalue weighted by Crippen LogP contribution is -2.30. The Balaban J connectivity index is 2.11. The van der Waals surface area contributed by atoms with Gasteiger partial charge in [-0.1, -0.05) is 41.6 Å². The first kappa shape index (κ1) is 23.9. The van der Waals surface area contributed by atoms with Crippen LogP contribution in [-0.2, 0) is 11.0 Å². The second kappa shape index (κ2) is 9.00. The minimum atomic E-state index is -4.78. The molecule has 1 N–H and O–H groups in total. The van der Waals surface area contributed by atoms with Gasteiger partial charge in [0.2, 0.25) is 0 Å². The quantitative estimate of drug-likeness (QED) is 0.427. The minimum absolute atomic E-state index is 0.0622. The number of thioether (sulfide) groups is 1. The largest absolute Gasteiger partial charge is 0.493 e. The molecular weight excluding hydrogens is 491 g/mol. The van der Waals surface area contributed by atoms with Gasteiger partial charge in [-0.2, -0.15) is 13.2 Å². The Kier molecular flexibility index (Phi) is 6.72. The van der Waals surface area contributed by atoms with Gasteiger partial charge in [-0.15, -0.1) is 0 Å². The van der Waals surface area contributed by atoms with Gasteiger partial charge in [-0.3, -0.25) is 9.69 Å². The molecule has 12 heteroatoms. The first-order chi connectivity index (χ1) is 15.0. The summed E-state index contributed by atoms with van der Waals surface area (Å²) in [5, 5.41) is 9.49. The number of thiocarbonyl (C=S) groups is 1. The zero-order chi connectivity index (χ0) is 23.8. The molecule has 32 heavy (non-hydrogen) atoms. The predicted octanol–water partition coefficient (Wildman–Crippen LogP) is 5.48. The second-order valence-corrected chi connectivity index (χ2v) is 8.36. The highest BCUT2D eigenvalue weighted by Gasteiger charge is 2.41. The lowest BCUT2D eigenvalue weighted by Gasteiger charge is -2.20. The molecule has 1 aliphatic heterocycles. The van der Waals surface area contributed by atoms with Crippen molar-refractivity contribution in [1.29, 1.82) is 0 Å². The van der Waals surface area contributed by atoms with Gasteiger partial charge in [0.25, 0.3) is 5.91 Å². The minimum Gasteiger partial charge on any atom is -0.493 e. The first-order valence-corrected chi connectivity index (χ1v) is 10.2. The Labute approximate surface area is 194 Å². The van der Waals surface area contributed by atoms with Crippen molar-refractivity contribution in [2.24, 2.45) is 0 Å². The molecule has 1 aliphatic rings. The number of benzene rings is 2. The molecule has 168 valence electrons. The number of carboxylic acids is 1. The maximum Gasteiger partial charge on any atom is 0.418 e. The van der Waals surface area contributed by atoms with Crippen molar-refractivity contribution in [2.45, 2.75) is 6.18 Å². The molecule has 0 radical (unpaired) electrons. The Morgan fingerprint density at radius 1 is 1.22 bits per heavy atom. The molecule has 0 bridgehead atoms. The third-order valence-corrected chi connectivity index (χ3v) is 5.91. The van der Waals surface area contributed by atoms with Gasteiger partial charge in [0.1, 0.15) is 5.56 Å². The standard InChI is InChI=1S/C20H13ClF3NO5S2/c1-29-13-6-3-9(15(18(27)28)16(13)30-2)7-14-17(26)25(19(31)32-14)12-5-4-10(21)8-11(12)20(22,23)24/h3-8H,1-2H3,(H,27,28)/b14-7+. The first-order valence-electron chi connectivity index (χ1n) is 8.62. The molecule has 2 aromatic carbocycles. The van der Waals surface area contributed by atoms with Crippen LogP contribution in [0.3, 0.4) is 0 Å². The lowest BCUT2D eigenvalue weighted by atomic mass is 10.0. The number of carboxylic acid groups (broad SMARTS) is 1. The average Bonchev–Trinajstić information content (AvgIpc) is 2.99. The molecule has 0 saturated carbocycles. The van der Waals surface area contributed by atoms with Crippen LogP contribution in [0.1, 0.15) is 21.5 Å². The van der Waals surface area contributed by atoms with Crippen LogP contribution in [-0.4, -0.2) is 35.5 Å². The van der Waals surface area contributed by atoms with E-state index in [1.807, 2.05) is 0 Å². The highest BCUT2D eigenvalue weighted by Crippen LogP contribution is 2.44. The van der Waals surface area contributed by atoms with Crippen molar-refractivity contribution in [3.8, 4) is 11.5 Å². The van der Waals surface area contributed by atoms with Crippen molar-refractivity contribution < 1.29 is 37.3 Å². The number of ether oxygens (including phenoxy) is 2. The number of carbonyl (C=O) groups excluding carboxylic acids is 1. The number of amides is 1. The molecule has 0 unspecified atom stereocenters. The van der Waals surface area contributed by atoms with E-state index in [1.165, 1.54) is 38.5 Å². The number of alkyl halides is 3. The van der Waals surface area contributed by atoms with Crippen molar-refractivity contribution in [1.82, 2.24) is 0 Å². The van der Waals surface area contributed by atoms with Gasteiger partial charge in [-0.25, -0.2) is 4.79 Å². The maximum absolute atomic E-state index is 13.5. The van der Waals surface area contributed by atoms with E-state index in [9.17, 15) is 27.9 Å². The summed E-state index contributed by atoms with van der Waals surface area (Å²) in [7, 11) is 2.59. The average molecular weight is 504 g/mol. The number of aromatic carboxylic acids is 1. The van der Waals surface area contributed by atoms with Crippen molar-refractivity contribution in [2.75, 3.05) is 19.1 Å². The van der Waals surface area contributed by atoms with E-state index >= 15 is 0 Å². The summed E-state index contributed by atoms with van der Waals surface area (Å²) in [5.41, 5.74) is -1.79. The third-order valence-electron chi connectivity index (χ3n) is 4.38. The number of nitrogens with zero attached hydrogens (tertiary/aromatic N) is 1. The number of hydrogen-bond acceptors (Lipinski definition) is 6. The zero-order valence-electron chi connectivity index (χ0n) is 16.3. The van der Waals surface area contributed by atoms with Gasteiger partial charge in [0.05, 0.1) is 30.4 Å². The molecule has 0 aliphatic carbocycles. The van der Waals surface area contributed by atoms with Gasteiger partial charge in [0.15, 0.2) is 15.8 Å². The zero-order valence-corrected chi connectivity index (χ0v) is 18.7. The second-order valence-electron chi connectivity index (χ2n) is 6.25. The van der Waals surface area contributed by atoms with Gasteiger partial charge >= 0.3 is 12.1 Å². The number of halogens is 4. The smallest absolute Gasteiger partial charge is 0.418 e. The summed E-state index contributed by atoms with van der Waals surface area (Å²) >= 11 is 11.6. The summed E-state index contributed by atoms with van der Waals surface area (Å²) in [4.78, 5) is 25.5. The SMILES string of the molecule is COc1ccc(/C=C2/SC(=S)N(c3ccc(Cl)cc3C(F)(F)F)C2=O)c(C(=O)O)c1OC. The van der Waals surface area contributed by atoms with Crippen LogP contribution < -0.4 is 14.4 Å². The summed E-state index contributed by atoms with van der Waals surface area (Å²) in [6.45, 7) is 0. The molecule has 0 atom stereocenters. The summed E-state index contributed by atoms with van der Waals surface area (Å²) in [5.74, 6) is -2.09. The Morgan fingerprint density at radius 2 is 1.91 bits per heavy atom. The normalized spacial score (nSPS) is 15.4. The topological polar surface area (TPSA) is 76.1 Å². The van der Waals surface area contributed by atoms with Gasteiger partial charge in [0, 0.05) is 5.02 Å². The summed E-state index contributed by atoms with van der Waals surface area (Å²) in [6, 6.07) is 5.80. The molecule has 2 aromatic rings. The Hall–Kier alpha value is -2.76. The summed E-state index contributed by atoms with van der Waals surface area (Å²) < 4.78 is 50.7. The molecule has 0 spiro atoms. The molecule has 1 amide bonds. The molecule has 6 nitrogen and oxygen atoms in total. The molecular formula is C20H13ClF3NO5S2. The number of hydrogen-bond donors (Lipinski definition) is 1. The predicted molar refractivity (Wildman–Crippen MR) is 119 cm³/mol. The number of anilines is 1. The van der Waals surface area contributed by atoms with Crippen LogP contribution in [0, 0.1) is 0 Å². The van der Waals surface area contributed by atoms with E-state index in [4.69, 9.17) is 33.3 Å². The molecule has 1 fully saturated rings. The van der Waals surface area contributed by atoms with Crippen LogP contribution >= 0.6 is 35.6 Å². The third kappa shape index (κ3) is 4.41. The van der Waals surface area contributed by atoms with Gasteiger partial charge in [-0.05, 0) is 35.9 Å². The van der Waals surface area contributed by atoms with E-state index < -0.39 is 29.3 Å². The Morgan fingerprint density at radius 3 is 2.47 bits per heavy atom. The van der Waals surface area contributed by atoms with Crippen molar-refractivity contribution in [3.63, 3.8) is 0 Å². The van der Waals surface area contributed by atoms with E-state index in [-0.39, 0.29) is 36.9 Å². The highest BCUT2D eigenvalue weighted by atomic mass is 35.5. The fourth-order valence-electron chi connectivity index (χ4n) is 3.03. The molecule has 0 aromatic heterocycles. The summed E-state index contributed by atoms with van der Waals surface area (Å²) in [6.07, 6.45) is -3.55. The molecule has 3 rings (SSSR count). The van der Waals surface area contributed by atoms with Crippen LogP contribution in [0.2, 0.25) is 5.02 Å².